The van der Waals surface area contributed by atoms with Crippen molar-refractivity contribution in [3.63, 3.8) is 0 Å². The molecule has 2 unspecified atom stereocenters. The normalized spacial score (nSPS) is 34.4. The van der Waals surface area contributed by atoms with Gasteiger partial charge in [0.25, 0.3) is 35.0 Å². The zero-order chi connectivity index (χ0) is 41.3. The number of hydrogen-bond acceptors (Lipinski definition) is 16. The molecular formula is C42H44O16. The lowest BCUT2D eigenvalue weighted by atomic mass is 9.85. The molecule has 0 radical (unpaired) electrons. The number of aliphatic hydroxyl groups excluding tert-OH is 2. The Bertz CT molecular complexity index is 1850. The van der Waals surface area contributed by atoms with E-state index < -0.39 is 70.9 Å². The molecule has 0 bridgehead atoms. The number of ether oxygens (including phenoxy) is 8. The molecule has 2 atom stereocenters. The topological polar surface area (TPSA) is 217 Å². The third-order valence-electron chi connectivity index (χ3n) is 11.1. The number of rotatable bonds is 6. The first-order chi connectivity index (χ1) is 27.6. The first kappa shape index (κ1) is 40.1. The van der Waals surface area contributed by atoms with Gasteiger partial charge in [0.15, 0.2) is 0 Å². The van der Waals surface area contributed by atoms with Crippen molar-refractivity contribution in [1.29, 1.82) is 0 Å². The highest BCUT2D eigenvalue weighted by atomic mass is 16.8. The summed E-state index contributed by atoms with van der Waals surface area (Å²) in [6, 6.07) is 0. The summed E-state index contributed by atoms with van der Waals surface area (Å²) in [4.78, 5) is 76.3. The fourth-order valence-corrected chi connectivity index (χ4v) is 8.22. The third kappa shape index (κ3) is 8.31. The van der Waals surface area contributed by atoms with Crippen molar-refractivity contribution in [2.45, 2.75) is 114 Å². The molecule has 5 fully saturated rings. The molecule has 2 N–H and O–H groups in total. The van der Waals surface area contributed by atoms with Crippen LogP contribution < -0.4 is 0 Å². The predicted octanol–water partition coefficient (Wildman–Crippen LogP) is 5.73. The molecule has 0 amide bonds. The molecule has 0 aromatic heterocycles. The molecule has 3 aliphatic carbocycles. The highest BCUT2D eigenvalue weighted by molar-refractivity contribution is 6.16. The second-order valence-electron chi connectivity index (χ2n) is 15.7. The van der Waals surface area contributed by atoms with E-state index in [0.29, 0.717) is 25.7 Å². The minimum absolute atomic E-state index is 0.0756. The highest BCUT2D eigenvalue weighted by Crippen LogP contribution is 2.47. The maximum Gasteiger partial charge on any atom is 0.348 e. The zero-order valence-electron chi connectivity index (χ0n) is 32.0. The summed E-state index contributed by atoms with van der Waals surface area (Å²) < 4.78 is 44.5. The molecular weight excluding hydrogens is 760 g/mol. The van der Waals surface area contributed by atoms with Crippen molar-refractivity contribution in [2.75, 3.05) is 0 Å². The number of esters is 6. The Balaban J connectivity index is 0.910. The lowest BCUT2D eigenvalue weighted by molar-refractivity contribution is -0.302. The first-order valence-corrected chi connectivity index (χ1v) is 19.4. The maximum absolute atomic E-state index is 12.9. The highest BCUT2D eigenvalue weighted by Gasteiger charge is 2.55. The van der Waals surface area contributed by atoms with Gasteiger partial charge in [-0.25, -0.2) is 28.8 Å². The summed E-state index contributed by atoms with van der Waals surface area (Å²) in [5, 5.41) is 21.3. The number of carbonyl (C=O) groups is 6. The van der Waals surface area contributed by atoms with Gasteiger partial charge in [0.1, 0.15) is 22.3 Å². The molecule has 4 spiro atoms. The minimum atomic E-state index is -1.60. The van der Waals surface area contributed by atoms with Crippen molar-refractivity contribution in [3.05, 3.63) is 94.9 Å². The van der Waals surface area contributed by atoms with E-state index in [1.54, 1.807) is 0 Å². The van der Waals surface area contributed by atoms with E-state index >= 15 is 0 Å². The van der Waals surface area contributed by atoms with Crippen LogP contribution in [0.2, 0.25) is 0 Å². The molecule has 0 aromatic carbocycles. The summed E-state index contributed by atoms with van der Waals surface area (Å²) in [5.41, 5.74) is -1.14. The standard InChI is InChI=1S/C42H44O16/c1-25-11-9-17-41(23-25)55-35(47)29(36(48)56-41)15-7-3-5-13-27-31(43)51-39(52-32(27)44)19-21-40(22-20-39)53-33(45)28(34(46)54-40)14-6-4-8-16-30-37(49)57-42(58-38(30)50)18-10-12-26(2)24-42/h3-8,13-16,25-26,43,45H,9-12,17-24H2,1-2H3/b7-3+,8-4?,13-5+,14-6?,29-15?,30-16?. The Morgan fingerprint density at radius 2 is 0.793 bits per heavy atom. The zero-order valence-corrected chi connectivity index (χ0v) is 32.0. The molecule has 16 nitrogen and oxygen atoms in total. The SMILES string of the molecule is CC1CCCC2(C1)OC(=O)C(=CC=CC=CC1=C(O)OC3(CCC4(CC3)OC(=O)C(/C=C/C=C/C=C3C(=O)OC5(CCCC(C)C5)OC3=O)=C(O)O4)OC1=O)C(=O)O2. The van der Waals surface area contributed by atoms with Crippen LogP contribution in [0.15, 0.2) is 94.9 Å². The number of allylic oxidation sites excluding steroid dienone is 8. The predicted molar refractivity (Wildman–Crippen MR) is 195 cm³/mol. The van der Waals surface area contributed by atoms with Gasteiger partial charge in [-0.15, -0.1) is 0 Å². The van der Waals surface area contributed by atoms with Gasteiger partial charge in [-0.3, -0.25) is 0 Å². The van der Waals surface area contributed by atoms with Crippen LogP contribution in [0.4, 0.5) is 0 Å². The lowest BCUT2D eigenvalue weighted by Gasteiger charge is -2.46. The lowest BCUT2D eigenvalue weighted by Crippen LogP contribution is -2.53. The second-order valence-corrected chi connectivity index (χ2v) is 15.7. The fraction of sp³-hybridized carbons (Fsp3) is 0.476. The smallest absolute Gasteiger partial charge is 0.348 e. The van der Waals surface area contributed by atoms with Crippen LogP contribution in [0.5, 0.6) is 0 Å². The van der Waals surface area contributed by atoms with Gasteiger partial charge in [-0.2, -0.15) is 0 Å². The van der Waals surface area contributed by atoms with E-state index in [2.05, 4.69) is 0 Å². The summed E-state index contributed by atoms with van der Waals surface area (Å²) in [6.45, 7) is 4.01. The fourth-order valence-electron chi connectivity index (χ4n) is 8.22. The Morgan fingerprint density at radius 1 is 0.448 bits per heavy atom. The van der Waals surface area contributed by atoms with Gasteiger partial charge >= 0.3 is 35.8 Å². The van der Waals surface area contributed by atoms with E-state index in [1.165, 1.54) is 60.8 Å². The van der Waals surface area contributed by atoms with Gasteiger partial charge in [0, 0.05) is 51.4 Å². The van der Waals surface area contributed by atoms with Gasteiger partial charge in [-0.1, -0.05) is 63.1 Å². The molecule has 7 rings (SSSR count). The molecule has 3 saturated carbocycles. The molecule has 0 aromatic rings. The Hall–Kier alpha value is -6.06. The van der Waals surface area contributed by atoms with E-state index in [9.17, 15) is 39.0 Å². The van der Waals surface area contributed by atoms with Crippen molar-refractivity contribution in [3.8, 4) is 0 Å². The Labute approximate surface area is 333 Å². The molecule has 58 heavy (non-hydrogen) atoms. The van der Waals surface area contributed by atoms with Crippen molar-refractivity contribution in [2.24, 2.45) is 11.8 Å². The van der Waals surface area contributed by atoms with Crippen LogP contribution in [0.1, 0.15) is 90.9 Å². The maximum atomic E-state index is 12.9. The van der Waals surface area contributed by atoms with Crippen LogP contribution in [0, 0.1) is 11.8 Å². The van der Waals surface area contributed by atoms with Crippen LogP contribution in [-0.2, 0) is 66.7 Å². The molecule has 4 aliphatic heterocycles. The quantitative estimate of drug-likeness (QED) is 0.108. The van der Waals surface area contributed by atoms with E-state index in [-0.39, 0.29) is 59.8 Å². The van der Waals surface area contributed by atoms with Gasteiger partial charge in [0.05, 0.1) is 0 Å². The average Bonchev–Trinajstić information content (AvgIpc) is 3.13. The molecule has 2 saturated heterocycles. The van der Waals surface area contributed by atoms with Gasteiger partial charge in [0.2, 0.25) is 0 Å². The second kappa shape index (κ2) is 15.7. The van der Waals surface area contributed by atoms with Crippen LogP contribution in [0.3, 0.4) is 0 Å². The number of carbonyl (C=O) groups excluding carboxylic acids is 6. The van der Waals surface area contributed by atoms with Gasteiger partial charge in [-0.05, 0) is 49.0 Å². The van der Waals surface area contributed by atoms with Crippen LogP contribution in [-0.4, -0.2) is 69.2 Å². The molecule has 4 heterocycles. The van der Waals surface area contributed by atoms with Crippen molar-refractivity contribution in [1.82, 2.24) is 0 Å². The van der Waals surface area contributed by atoms with Crippen LogP contribution >= 0.6 is 0 Å². The number of aliphatic hydroxyl groups is 2. The Kier molecular flexibility index (Phi) is 10.9. The van der Waals surface area contributed by atoms with Gasteiger partial charge < -0.3 is 48.1 Å². The van der Waals surface area contributed by atoms with E-state index in [4.69, 9.17) is 37.9 Å². The number of hydrogen-bond donors (Lipinski definition) is 2. The molecule has 308 valence electrons. The third-order valence-corrected chi connectivity index (χ3v) is 11.1. The molecule has 7 aliphatic rings. The summed E-state index contributed by atoms with van der Waals surface area (Å²) in [6.07, 6.45) is 18.2. The van der Waals surface area contributed by atoms with Crippen molar-refractivity contribution >= 4 is 35.8 Å². The minimum Gasteiger partial charge on any atom is -0.480 e. The molecule has 16 heteroatoms. The largest absolute Gasteiger partial charge is 0.480 e. The van der Waals surface area contributed by atoms with Crippen LogP contribution in [0.25, 0.3) is 0 Å². The first-order valence-electron chi connectivity index (χ1n) is 19.4. The summed E-state index contributed by atoms with van der Waals surface area (Å²) in [7, 11) is 0. The monoisotopic (exact) mass is 804 g/mol. The average molecular weight is 805 g/mol. The Morgan fingerprint density at radius 3 is 1.12 bits per heavy atom. The summed E-state index contributed by atoms with van der Waals surface area (Å²) >= 11 is 0. The summed E-state index contributed by atoms with van der Waals surface area (Å²) in [5.74, 6) is -11.5. The van der Waals surface area contributed by atoms with E-state index in [0.717, 1.165) is 25.7 Å². The van der Waals surface area contributed by atoms with Crippen molar-refractivity contribution < 1.29 is 76.9 Å². The van der Waals surface area contributed by atoms with E-state index in [1.807, 2.05) is 13.8 Å².